The standard InChI is InChI=1S/C15H25N3O3/c1-10-13(16-11(2)17-14(10)20-6)18-7-12(8-19-5)21-15(3,4)9-18/h12H,7-9H2,1-6H3/t12-/m0/s1. The highest BCUT2D eigenvalue weighted by molar-refractivity contribution is 5.51. The fourth-order valence-electron chi connectivity index (χ4n) is 2.82. The third kappa shape index (κ3) is 3.63. The van der Waals surface area contributed by atoms with Gasteiger partial charge in [0.25, 0.3) is 0 Å². The zero-order valence-electron chi connectivity index (χ0n) is 13.8. The highest BCUT2D eigenvalue weighted by atomic mass is 16.5. The Morgan fingerprint density at radius 1 is 1.29 bits per heavy atom. The summed E-state index contributed by atoms with van der Waals surface area (Å²) in [5, 5.41) is 0. The van der Waals surface area contributed by atoms with E-state index in [4.69, 9.17) is 14.2 Å². The van der Waals surface area contributed by atoms with Crippen LogP contribution in [-0.4, -0.2) is 55.6 Å². The number of aryl methyl sites for hydroxylation is 1. The maximum absolute atomic E-state index is 6.05. The number of methoxy groups -OCH3 is 2. The van der Waals surface area contributed by atoms with Gasteiger partial charge < -0.3 is 19.1 Å². The van der Waals surface area contributed by atoms with Crippen LogP contribution in [0.1, 0.15) is 25.2 Å². The number of ether oxygens (including phenoxy) is 3. The van der Waals surface area contributed by atoms with Crippen LogP contribution < -0.4 is 9.64 Å². The first-order valence-corrected chi connectivity index (χ1v) is 7.17. The van der Waals surface area contributed by atoms with Gasteiger partial charge in [0.1, 0.15) is 11.6 Å². The van der Waals surface area contributed by atoms with Gasteiger partial charge in [-0.1, -0.05) is 0 Å². The predicted molar refractivity (Wildman–Crippen MR) is 81.1 cm³/mol. The molecule has 0 unspecified atom stereocenters. The minimum absolute atomic E-state index is 0.0272. The van der Waals surface area contributed by atoms with Crippen molar-refractivity contribution >= 4 is 5.82 Å². The van der Waals surface area contributed by atoms with Gasteiger partial charge in [0.15, 0.2) is 0 Å². The van der Waals surface area contributed by atoms with Crippen molar-refractivity contribution < 1.29 is 14.2 Å². The molecule has 0 N–H and O–H groups in total. The predicted octanol–water partition coefficient (Wildman–Crippen LogP) is 1.73. The van der Waals surface area contributed by atoms with E-state index in [1.165, 1.54) is 0 Å². The Morgan fingerprint density at radius 2 is 2.00 bits per heavy atom. The molecule has 0 bridgehead atoms. The molecule has 1 aromatic heterocycles. The molecule has 0 amide bonds. The molecule has 1 aliphatic heterocycles. The van der Waals surface area contributed by atoms with E-state index in [-0.39, 0.29) is 11.7 Å². The number of nitrogens with zero attached hydrogens (tertiary/aromatic N) is 3. The van der Waals surface area contributed by atoms with Crippen LogP contribution >= 0.6 is 0 Å². The summed E-state index contributed by atoms with van der Waals surface area (Å²) in [6, 6.07) is 0. The lowest BCUT2D eigenvalue weighted by Crippen LogP contribution is -2.54. The van der Waals surface area contributed by atoms with Gasteiger partial charge in [-0.05, 0) is 27.7 Å². The topological polar surface area (TPSA) is 56.7 Å². The second-order valence-electron chi connectivity index (χ2n) is 6.06. The van der Waals surface area contributed by atoms with Gasteiger partial charge in [-0.3, -0.25) is 0 Å². The van der Waals surface area contributed by atoms with E-state index >= 15 is 0 Å². The minimum Gasteiger partial charge on any atom is -0.481 e. The Morgan fingerprint density at radius 3 is 2.62 bits per heavy atom. The molecule has 0 aromatic carbocycles. The Balaban J connectivity index is 2.33. The average Bonchev–Trinajstić information content (AvgIpc) is 2.39. The fourth-order valence-corrected chi connectivity index (χ4v) is 2.82. The average molecular weight is 295 g/mol. The summed E-state index contributed by atoms with van der Waals surface area (Å²) in [7, 11) is 3.33. The molecule has 118 valence electrons. The summed E-state index contributed by atoms with van der Waals surface area (Å²) in [6.45, 7) is 10.1. The van der Waals surface area contributed by atoms with E-state index in [1.807, 2.05) is 13.8 Å². The van der Waals surface area contributed by atoms with Crippen molar-refractivity contribution in [3.8, 4) is 5.88 Å². The molecular formula is C15H25N3O3. The van der Waals surface area contributed by atoms with E-state index in [0.29, 0.717) is 18.3 Å². The maximum Gasteiger partial charge on any atom is 0.221 e. The Hall–Kier alpha value is -1.40. The lowest BCUT2D eigenvalue weighted by Gasteiger charge is -2.43. The Bertz CT molecular complexity index is 505. The summed E-state index contributed by atoms with van der Waals surface area (Å²) in [5.41, 5.74) is 0.706. The molecule has 2 heterocycles. The third-order valence-corrected chi connectivity index (χ3v) is 3.51. The van der Waals surface area contributed by atoms with Gasteiger partial charge in [-0.15, -0.1) is 0 Å². The SMILES string of the molecule is COC[C@@H]1CN(c2nc(C)nc(OC)c2C)CC(C)(C)O1. The Kier molecular flexibility index (Phi) is 4.68. The highest BCUT2D eigenvalue weighted by Gasteiger charge is 2.35. The smallest absolute Gasteiger partial charge is 0.221 e. The largest absolute Gasteiger partial charge is 0.481 e. The van der Waals surface area contributed by atoms with Gasteiger partial charge in [0.05, 0.1) is 31.0 Å². The van der Waals surface area contributed by atoms with Crippen molar-refractivity contribution in [2.45, 2.75) is 39.4 Å². The van der Waals surface area contributed by atoms with E-state index < -0.39 is 0 Å². The van der Waals surface area contributed by atoms with Crippen molar-refractivity contribution in [1.29, 1.82) is 0 Å². The van der Waals surface area contributed by atoms with Crippen molar-refractivity contribution in [1.82, 2.24) is 9.97 Å². The number of rotatable bonds is 4. The van der Waals surface area contributed by atoms with Crippen LogP contribution in [0.4, 0.5) is 5.82 Å². The number of hydrogen-bond donors (Lipinski definition) is 0. The van der Waals surface area contributed by atoms with E-state index in [0.717, 1.165) is 24.5 Å². The molecule has 6 nitrogen and oxygen atoms in total. The molecule has 0 radical (unpaired) electrons. The van der Waals surface area contributed by atoms with Gasteiger partial charge >= 0.3 is 0 Å². The summed E-state index contributed by atoms with van der Waals surface area (Å²) in [5.74, 6) is 2.25. The fraction of sp³-hybridized carbons (Fsp3) is 0.733. The lowest BCUT2D eigenvalue weighted by molar-refractivity contribution is -0.106. The Labute approximate surface area is 126 Å². The van der Waals surface area contributed by atoms with Crippen LogP contribution in [0, 0.1) is 13.8 Å². The molecule has 2 rings (SSSR count). The summed E-state index contributed by atoms with van der Waals surface area (Å²) in [4.78, 5) is 11.2. The molecule has 1 aliphatic rings. The van der Waals surface area contributed by atoms with Gasteiger partial charge in [-0.25, -0.2) is 4.98 Å². The number of hydrogen-bond acceptors (Lipinski definition) is 6. The monoisotopic (exact) mass is 295 g/mol. The van der Waals surface area contributed by atoms with E-state index in [9.17, 15) is 0 Å². The molecule has 21 heavy (non-hydrogen) atoms. The van der Waals surface area contributed by atoms with Crippen molar-refractivity contribution in [3.05, 3.63) is 11.4 Å². The summed E-state index contributed by atoms with van der Waals surface area (Å²) >= 11 is 0. The lowest BCUT2D eigenvalue weighted by atomic mass is 10.0. The minimum atomic E-state index is -0.250. The molecular weight excluding hydrogens is 270 g/mol. The summed E-state index contributed by atoms with van der Waals surface area (Å²) < 4.78 is 16.6. The molecule has 1 saturated heterocycles. The van der Waals surface area contributed by atoms with Crippen LogP contribution in [0.5, 0.6) is 5.88 Å². The van der Waals surface area contributed by atoms with Crippen LogP contribution in [0.2, 0.25) is 0 Å². The summed E-state index contributed by atoms with van der Waals surface area (Å²) in [6.07, 6.45) is 0.0272. The zero-order chi connectivity index (χ0) is 15.6. The molecule has 6 heteroatoms. The van der Waals surface area contributed by atoms with Crippen LogP contribution in [0.15, 0.2) is 0 Å². The molecule has 1 aromatic rings. The van der Waals surface area contributed by atoms with Crippen LogP contribution in [0.3, 0.4) is 0 Å². The van der Waals surface area contributed by atoms with Gasteiger partial charge in [0, 0.05) is 20.2 Å². The number of anilines is 1. The molecule has 0 saturated carbocycles. The first-order chi connectivity index (χ1) is 9.86. The number of morpholine rings is 1. The van der Waals surface area contributed by atoms with Crippen molar-refractivity contribution in [2.24, 2.45) is 0 Å². The third-order valence-electron chi connectivity index (χ3n) is 3.51. The van der Waals surface area contributed by atoms with Crippen LogP contribution in [0.25, 0.3) is 0 Å². The number of aromatic nitrogens is 2. The zero-order valence-corrected chi connectivity index (χ0v) is 13.8. The van der Waals surface area contributed by atoms with Crippen LogP contribution in [-0.2, 0) is 9.47 Å². The quantitative estimate of drug-likeness (QED) is 0.843. The maximum atomic E-state index is 6.05. The van der Waals surface area contributed by atoms with Crippen molar-refractivity contribution in [3.63, 3.8) is 0 Å². The second-order valence-corrected chi connectivity index (χ2v) is 6.06. The van der Waals surface area contributed by atoms with E-state index in [2.05, 4.69) is 28.7 Å². The van der Waals surface area contributed by atoms with Gasteiger partial charge in [0.2, 0.25) is 5.88 Å². The highest BCUT2D eigenvalue weighted by Crippen LogP contribution is 2.30. The van der Waals surface area contributed by atoms with Crippen molar-refractivity contribution in [2.75, 3.05) is 38.8 Å². The normalized spacial score (nSPS) is 21.4. The van der Waals surface area contributed by atoms with E-state index in [1.54, 1.807) is 14.2 Å². The molecule has 1 atom stereocenters. The first-order valence-electron chi connectivity index (χ1n) is 7.17. The molecule has 1 fully saturated rings. The second kappa shape index (κ2) is 6.15. The first kappa shape index (κ1) is 16.0. The molecule has 0 spiro atoms. The van der Waals surface area contributed by atoms with Gasteiger partial charge in [-0.2, -0.15) is 4.98 Å². The molecule has 0 aliphatic carbocycles.